The third kappa shape index (κ3) is 10.6. The van der Waals surface area contributed by atoms with Gasteiger partial charge in [-0.25, -0.2) is 4.79 Å². The molecule has 0 radical (unpaired) electrons. The molecule has 2 aromatic rings. The van der Waals surface area contributed by atoms with Crippen LogP contribution in [-0.4, -0.2) is 153 Å². The average Bonchev–Trinajstić information content (AvgIpc) is 3.22. The first-order valence-electron chi connectivity index (χ1n) is 20.0. The van der Waals surface area contributed by atoms with Crippen molar-refractivity contribution in [3.63, 3.8) is 0 Å². The summed E-state index contributed by atoms with van der Waals surface area (Å²) in [5, 5.41) is 77.7. The fraction of sp³-hybridized carbons (Fsp3) is 0.659. The Morgan fingerprint density at radius 2 is 1.39 bits per heavy atom. The van der Waals surface area contributed by atoms with Crippen LogP contribution in [0.15, 0.2) is 60.7 Å². The molecule has 3 heterocycles. The number of carboxylic acid groups (broad SMARTS) is 1. The van der Waals surface area contributed by atoms with Gasteiger partial charge in [0, 0.05) is 13.2 Å². The summed E-state index contributed by atoms with van der Waals surface area (Å²) in [4.78, 5) is 26.3. The summed E-state index contributed by atoms with van der Waals surface area (Å²) < 4.78 is 36.3. The zero-order valence-electron chi connectivity index (χ0n) is 32.0. The molecule has 6 rings (SSSR count). The van der Waals surface area contributed by atoms with E-state index in [9.17, 15) is 45.3 Å². The Bertz CT molecular complexity index is 1510. The molecule has 3 aliphatic heterocycles. The second-order valence-electron chi connectivity index (χ2n) is 15.5. The topological polar surface area (TPSA) is 243 Å². The third-order valence-corrected chi connectivity index (χ3v) is 11.6. The van der Waals surface area contributed by atoms with Gasteiger partial charge in [0.15, 0.2) is 18.7 Å². The Morgan fingerprint density at radius 3 is 2.00 bits per heavy atom. The molecule has 1 aliphatic carbocycles. The molecular weight excluding hydrogens is 746 g/mol. The zero-order valence-corrected chi connectivity index (χ0v) is 32.0. The third-order valence-electron chi connectivity index (χ3n) is 11.6. The van der Waals surface area contributed by atoms with E-state index in [0.717, 1.165) is 43.2 Å². The second kappa shape index (κ2) is 20.2. The highest BCUT2D eigenvalue weighted by Crippen LogP contribution is 2.34. The van der Waals surface area contributed by atoms with Crippen molar-refractivity contribution >= 4 is 11.9 Å². The number of nitrogens with one attached hydrogen (secondary N) is 1. The number of aliphatic hydroxyl groups excluding tert-OH is 6. The van der Waals surface area contributed by atoms with Crippen LogP contribution in [-0.2, 0) is 38.0 Å². The number of rotatable bonds is 15. The van der Waals surface area contributed by atoms with Crippen LogP contribution in [0, 0.1) is 5.92 Å². The predicted octanol–water partition coefficient (Wildman–Crippen LogP) is 0.569. The van der Waals surface area contributed by atoms with Gasteiger partial charge in [0.05, 0.1) is 24.7 Å². The second-order valence-corrected chi connectivity index (χ2v) is 15.5. The molecule has 0 aromatic heterocycles. The van der Waals surface area contributed by atoms with Crippen LogP contribution in [0.2, 0.25) is 0 Å². The van der Waals surface area contributed by atoms with Crippen LogP contribution < -0.4 is 5.32 Å². The first-order chi connectivity index (χ1) is 27.5. The van der Waals surface area contributed by atoms with Gasteiger partial charge in [-0.3, -0.25) is 4.79 Å². The minimum absolute atomic E-state index is 0.0783. The number of carboxylic acids is 1. The van der Waals surface area contributed by atoms with Crippen LogP contribution in [0.5, 0.6) is 0 Å². The number of carbonyl (C=O) groups excluding carboxylic acids is 1. The standard InChI is InChI=1S/C41H57NO15/c1-22-31(44)33(46)34(47)40(53-22)57-36-26(17-18-52-28(36)20-42-38(49)30(24-13-7-3-8-14-24)25-15-9-4-10-16-25)55-41-35(48)37(32(45)29(21-43)56-41)54-27(39(50)51)19-23-11-5-2-6-12-23/h3-4,7-10,13-16,22-23,26-37,40-41,43-48H,2,5-6,11-12,17-21H2,1H3,(H,42,49)(H,50,51)/t22-,26+,27+,28?,29+,31+,32-,33-,34+,35-,36-,37+,40-,41+/m1/s1. The maximum atomic E-state index is 14.0. The van der Waals surface area contributed by atoms with Gasteiger partial charge in [-0.2, -0.15) is 0 Å². The van der Waals surface area contributed by atoms with Gasteiger partial charge in [0.2, 0.25) is 5.91 Å². The van der Waals surface area contributed by atoms with E-state index in [2.05, 4.69) is 5.32 Å². The van der Waals surface area contributed by atoms with Crippen molar-refractivity contribution in [1.82, 2.24) is 5.32 Å². The number of hydrogen-bond acceptors (Lipinski definition) is 14. The molecule has 2 aromatic carbocycles. The molecule has 4 fully saturated rings. The number of aliphatic hydroxyl groups is 6. The van der Waals surface area contributed by atoms with Crippen molar-refractivity contribution in [2.45, 2.75) is 144 Å². The molecule has 14 atom stereocenters. The lowest BCUT2D eigenvalue weighted by molar-refractivity contribution is -0.355. The molecule has 0 bridgehead atoms. The number of carbonyl (C=O) groups is 2. The molecule has 3 saturated heterocycles. The highest BCUT2D eigenvalue weighted by molar-refractivity contribution is 5.87. The summed E-state index contributed by atoms with van der Waals surface area (Å²) in [5.74, 6) is -2.17. The summed E-state index contributed by atoms with van der Waals surface area (Å²) in [6.45, 7) is 0.746. The maximum Gasteiger partial charge on any atom is 0.332 e. The van der Waals surface area contributed by atoms with Crippen LogP contribution in [0.4, 0.5) is 0 Å². The maximum absolute atomic E-state index is 14.0. The molecule has 16 heteroatoms. The lowest BCUT2D eigenvalue weighted by Crippen LogP contribution is -2.64. The van der Waals surface area contributed by atoms with Gasteiger partial charge >= 0.3 is 5.97 Å². The monoisotopic (exact) mass is 803 g/mol. The minimum Gasteiger partial charge on any atom is -0.479 e. The van der Waals surface area contributed by atoms with Gasteiger partial charge in [-0.1, -0.05) is 92.8 Å². The molecule has 1 amide bonds. The smallest absolute Gasteiger partial charge is 0.332 e. The van der Waals surface area contributed by atoms with E-state index in [1.165, 1.54) is 6.92 Å². The quantitative estimate of drug-likeness (QED) is 0.123. The van der Waals surface area contributed by atoms with Gasteiger partial charge < -0.3 is 69.5 Å². The SMILES string of the molecule is C[C@H]1O[C@H](O[C@H]2C(CNC(=O)C(c3ccccc3)c3ccccc3)OCC[C@@H]2O[C@H]2O[C@@H](CO)[C@@H](O)[C@H](O[C@@H](CC3CCCCC3)C(=O)O)[C@H]2O)[C@@H](O)[C@H](O)[C@H]1O. The van der Waals surface area contributed by atoms with Gasteiger partial charge in [-0.05, 0) is 36.8 Å². The largest absolute Gasteiger partial charge is 0.479 e. The van der Waals surface area contributed by atoms with E-state index in [1.807, 2.05) is 60.7 Å². The zero-order chi connectivity index (χ0) is 40.6. The highest BCUT2D eigenvalue weighted by Gasteiger charge is 2.51. The number of hydrogen-bond donors (Lipinski definition) is 8. The van der Waals surface area contributed by atoms with Crippen LogP contribution in [0.3, 0.4) is 0 Å². The molecule has 1 unspecified atom stereocenters. The molecule has 8 N–H and O–H groups in total. The van der Waals surface area contributed by atoms with E-state index in [1.54, 1.807) is 0 Å². The van der Waals surface area contributed by atoms with Crippen molar-refractivity contribution in [3.8, 4) is 0 Å². The Labute approximate surface area is 331 Å². The average molecular weight is 804 g/mol. The Hall–Kier alpha value is -3.10. The van der Waals surface area contributed by atoms with Crippen molar-refractivity contribution in [3.05, 3.63) is 71.8 Å². The summed E-state index contributed by atoms with van der Waals surface area (Å²) >= 11 is 0. The molecule has 316 valence electrons. The van der Waals surface area contributed by atoms with Crippen LogP contribution in [0.25, 0.3) is 0 Å². The molecule has 57 heavy (non-hydrogen) atoms. The number of ether oxygens (including phenoxy) is 6. The normalized spacial score (nSPS) is 35.8. The number of benzene rings is 2. The Balaban J connectivity index is 1.22. The van der Waals surface area contributed by atoms with Crippen LogP contribution >= 0.6 is 0 Å². The van der Waals surface area contributed by atoms with Crippen LogP contribution in [0.1, 0.15) is 68.9 Å². The molecule has 16 nitrogen and oxygen atoms in total. The first kappa shape index (κ1) is 43.5. The molecule has 1 saturated carbocycles. The molecule has 4 aliphatic rings. The van der Waals surface area contributed by atoms with E-state index in [-0.39, 0.29) is 37.8 Å². The Kier molecular flexibility index (Phi) is 15.4. The Morgan fingerprint density at radius 1 is 0.754 bits per heavy atom. The lowest BCUT2D eigenvalue weighted by atomic mass is 9.85. The van der Waals surface area contributed by atoms with Gasteiger partial charge in [-0.15, -0.1) is 0 Å². The summed E-state index contributed by atoms with van der Waals surface area (Å²) in [5.41, 5.74) is 1.51. The van der Waals surface area contributed by atoms with Crippen molar-refractivity contribution in [2.24, 2.45) is 5.92 Å². The fourth-order valence-corrected chi connectivity index (χ4v) is 8.33. The van der Waals surface area contributed by atoms with E-state index >= 15 is 0 Å². The number of aliphatic carboxylic acids is 1. The van der Waals surface area contributed by atoms with Crippen molar-refractivity contribution in [2.75, 3.05) is 19.8 Å². The summed E-state index contributed by atoms with van der Waals surface area (Å²) in [7, 11) is 0. The van der Waals surface area contributed by atoms with Crippen molar-refractivity contribution < 1.29 is 73.8 Å². The van der Waals surface area contributed by atoms with Gasteiger partial charge in [0.1, 0.15) is 54.9 Å². The van der Waals surface area contributed by atoms with E-state index < -0.39 is 104 Å². The van der Waals surface area contributed by atoms with Crippen molar-refractivity contribution in [1.29, 1.82) is 0 Å². The highest BCUT2D eigenvalue weighted by atomic mass is 16.7. The predicted molar refractivity (Wildman–Crippen MR) is 199 cm³/mol. The van der Waals surface area contributed by atoms with E-state index in [4.69, 9.17) is 28.4 Å². The molecular formula is C41H57NO15. The number of amides is 1. The summed E-state index contributed by atoms with van der Waals surface area (Å²) in [6, 6.07) is 18.5. The van der Waals surface area contributed by atoms with Gasteiger partial charge in [0.25, 0.3) is 0 Å². The summed E-state index contributed by atoms with van der Waals surface area (Å²) in [6.07, 6.45) is -14.4. The first-order valence-corrected chi connectivity index (χ1v) is 20.0. The minimum atomic E-state index is -1.73. The molecule has 0 spiro atoms. The van der Waals surface area contributed by atoms with E-state index in [0.29, 0.717) is 0 Å². The lowest BCUT2D eigenvalue weighted by Gasteiger charge is -2.47. The fourth-order valence-electron chi connectivity index (χ4n) is 8.33.